The Balaban J connectivity index is 0.954. The highest BCUT2D eigenvalue weighted by atomic mass is 16.5. The molecule has 6 atom stereocenters. The van der Waals surface area contributed by atoms with Crippen molar-refractivity contribution in [3.8, 4) is 28.1 Å². The Morgan fingerprint density at radius 2 is 1.73 bits per heavy atom. The molecule has 15 nitrogen and oxygen atoms in total. The first-order chi connectivity index (χ1) is 30.5. The van der Waals surface area contributed by atoms with Crippen LogP contribution in [0.15, 0.2) is 79.0 Å². The van der Waals surface area contributed by atoms with Gasteiger partial charge in [0.1, 0.15) is 36.1 Å². The average molecular weight is 853 g/mol. The summed E-state index contributed by atoms with van der Waals surface area (Å²) >= 11 is 0. The number of rotatable bonds is 12. The van der Waals surface area contributed by atoms with Crippen molar-refractivity contribution in [1.82, 2.24) is 40.4 Å². The van der Waals surface area contributed by atoms with Crippen molar-refractivity contribution in [2.75, 3.05) is 20.8 Å². The van der Waals surface area contributed by atoms with E-state index in [1.807, 2.05) is 49.9 Å². The minimum Gasteiger partial charge on any atom is -0.488 e. The zero-order valence-electron chi connectivity index (χ0n) is 36.2. The summed E-state index contributed by atoms with van der Waals surface area (Å²) in [6.07, 6.45) is 1.98. The molecule has 4 heterocycles. The van der Waals surface area contributed by atoms with Crippen LogP contribution >= 0.6 is 0 Å². The maximum absolute atomic E-state index is 14.1. The largest absolute Gasteiger partial charge is 0.488 e. The number of ether oxygens (including phenoxy) is 3. The molecule has 1 saturated heterocycles. The number of imidazole rings is 2. The van der Waals surface area contributed by atoms with Crippen LogP contribution in [0, 0.1) is 17.8 Å². The summed E-state index contributed by atoms with van der Waals surface area (Å²) in [5.74, 6) is 2.39. The maximum atomic E-state index is 14.1. The molecule has 1 aliphatic carbocycles. The molecule has 4 N–H and O–H groups in total. The number of hydrogen-bond acceptors (Lipinski definition) is 9. The summed E-state index contributed by atoms with van der Waals surface area (Å²) in [4.78, 5) is 72.9. The number of piperidine rings is 1. The first kappa shape index (κ1) is 41.5. The third-order valence-electron chi connectivity index (χ3n) is 12.9. The number of carbonyl (C=O) groups is 4. The first-order valence-corrected chi connectivity index (χ1v) is 21.6. The first-order valence-electron chi connectivity index (χ1n) is 21.6. The molecule has 0 bridgehead atoms. The van der Waals surface area contributed by atoms with E-state index in [4.69, 9.17) is 19.2 Å². The fraction of sp³-hybridized carbons (Fsp3) is 0.375. The maximum Gasteiger partial charge on any atom is 0.407 e. The van der Waals surface area contributed by atoms with E-state index >= 15 is 0 Å². The highest BCUT2D eigenvalue weighted by molar-refractivity contribution is 6.07. The number of nitrogens with zero attached hydrogens (tertiary/aromatic N) is 4. The molecule has 6 aromatic rings. The van der Waals surface area contributed by atoms with Crippen LogP contribution in [0.1, 0.15) is 75.4 Å². The van der Waals surface area contributed by atoms with Crippen molar-refractivity contribution in [3.63, 3.8) is 0 Å². The van der Waals surface area contributed by atoms with Gasteiger partial charge in [-0.15, -0.1) is 0 Å². The average Bonchev–Trinajstić information content (AvgIpc) is 3.76. The van der Waals surface area contributed by atoms with Crippen molar-refractivity contribution in [1.29, 1.82) is 0 Å². The van der Waals surface area contributed by atoms with Gasteiger partial charge in [0.05, 0.1) is 49.7 Å². The highest BCUT2D eigenvalue weighted by Gasteiger charge is 2.61. The molecule has 2 fully saturated rings. The Kier molecular flexibility index (Phi) is 11.0. The van der Waals surface area contributed by atoms with Crippen LogP contribution in [0.2, 0.25) is 0 Å². The SMILES string of the molecule is CCCN(Cc1ncc(-c2ccc3c(c2)COc2cc4c(ccc5nc([C@@H]6C[C@H]7[C@@H](C)[C@H]7N6C(=O)[C@@H](NC(=O)OC)C(C)C)[nH]c54)cc2-3)[nH]1)C(=O)[C@H](NC(=O)OC)c1ccccc1. The van der Waals surface area contributed by atoms with Gasteiger partial charge in [-0.2, -0.15) is 0 Å². The van der Waals surface area contributed by atoms with E-state index in [0.717, 1.165) is 67.7 Å². The van der Waals surface area contributed by atoms with Gasteiger partial charge < -0.3 is 44.6 Å². The number of H-pyrrole nitrogens is 2. The van der Waals surface area contributed by atoms with E-state index in [9.17, 15) is 19.2 Å². The van der Waals surface area contributed by atoms with Crippen molar-refractivity contribution in [3.05, 3.63) is 102 Å². The van der Waals surface area contributed by atoms with Gasteiger partial charge in [0.15, 0.2) is 0 Å². The fourth-order valence-electron chi connectivity index (χ4n) is 9.56. The van der Waals surface area contributed by atoms with E-state index < -0.39 is 24.3 Å². The number of alkyl carbamates (subject to hydrolysis) is 2. The zero-order valence-corrected chi connectivity index (χ0v) is 36.2. The molecule has 2 aromatic heterocycles. The third-order valence-corrected chi connectivity index (χ3v) is 12.9. The van der Waals surface area contributed by atoms with Gasteiger partial charge in [0, 0.05) is 23.5 Å². The molecule has 0 unspecified atom stereocenters. The molecule has 63 heavy (non-hydrogen) atoms. The summed E-state index contributed by atoms with van der Waals surface area (Å²) in [6, 6.07) is 21.9. The van der Waals surface area contributed by atoms with Crippen molar-refractivity contribution in [2.45, 2.75) is 77.9 Å². The van der Waals surface area contributed by atoms with Gasteiger partial charge in [0.25, 0.3) is 0 Å². The minimum atomic E-state index is -0.917. The second-order valence-corrected chi connectivity index (χ2v) is 17.2. The van der Waals surface area contributed by atoms with E-state index in [-0.39, 0.29) is 36.4 Å². The van der Waals surface area contributed by atoms with Gasteiger partial charge >= 0.3 is 12.2 Å². The van der Waals surface area contributed by atoms with E-state index in [1.165, 1.54) is 14.2 Å². The molecular formula is C48H52N8O7. The lowest BCUT2D eigenvalue weighted by atomic mass is 9.92. The number of carbonyl (C=O) groups excluding carboxylic acids is 4. The number of benzene rings is 4. The quantitative estimate of drug-likeness (QED) is 0.0955. The molecule has 326 valence electrons. The van der Waals surface area contributed by atoms with E-state index in [2.05, 4.69) is 68.9 Å². The van der Waals surface area contributed by atoms with Crippen LogP contribution in [-0.2, 0) is 32.2 Å². The number of likely N-dealkylation sites (tertiary alicyclic amines) is 1. The van der Waals surface area contributed by atoms with Crippen LogP contribution < -0.4 is 15.4 Å². The predicted molar refractivity (Wildman–Crippen MR) is 236 cm³/mol. The molecule has 9 rings (SSSR count). The number of methoxy groups -OCH3 is 2. The predicted octanol–water partition coefficient (Wildman–Crippen LogP) is 7.79. The normalized spacial score (nSPS) is 19.4. The molecule has 15 heteroatoms. The Labute approximate surface area is 364 Å². The van der Waals surface area contributed by atoms with Gasteiger partial charge in [-0.05, 0) is 82.5 Å². The van der Waals surface area contributed by atoms with Gasteiger partial charge in [-0.1, -0.05) is 76.2 Å². The zero-order chi connectivity index (χ0) is 44.1. The smallest absolute Gasteiger partial charge is 0.407 e. The van der Waals surface area contributed by atoms with Crippen LogP contribution in [0.5, 0.6) is 5.75 Å². The highest BCUT2D eigenvalue weighted by Crippen LogP contribution is 2.58. The number of nitrogens with one attached hydrogen (secondary N) is 4. The molecule has 1 saturated carbocycles. The number of fused-ring (bicyclic) bond motifs is 7. The Bertz CT molecular complexity index is 2730. The summed E-state index contributed by atoms with van der Waals surface area (Å²) in [7, 11) is 2.58. The lowest BCUT2D eigenvalue weighted by Crippen LogP contribution is -2.52. The summed E-state index contributed by atoms with van der Waals surface area (Å²) in [5.41, 5.74) is 7.18. The Morgan fingerprint density at radius 3 is 2.48 bits per heavy atom. The van der Waals surface area contributed by atoms with Gasteiger partial charge in [-0.25, -0.2) is 19.6 Å². The standard InChI is InChI=1S/C48H52N8O7/c1-7-17-55(45(57)41(54-48(60)62-6)27-11-9-8-10-12-27)23-39-49-22-36(50-39)29-13-15-31-30(18-29)24-63-38-21-33-28(19-34(31)38)14-16-35-42(33)52-44(51-35)37-20-32-26(4)43(32)56(37)46(58)40(25(2)3)53-47(59)61-5/h8-16,18-19,21-22,25-26,32,37,40-41,43H,7,17,20,23-24H2,1-6H3,(H,49,50)(H,51,52)(H,53,59)(H,54,60)/t26-,32+,37+,40+,41-,43-/m1/s1. The van der Waals surface area contributed by atoms with Crippen molar-refractivity contribution in [2.24, 2.45) is 17.8 Å². The van der Waals surface area contributed by atoms with Crippen molar-refractivity contribution >= 4 is 45.8 Å². The number of aromatic amines is 2. The topological polar surface area (TPSA) is 184 Å². The summed E-state index contributed by atoms with van der Waals surface area (Å²) in [5, 5.41) is 7.47. The van der Waals surface area contributed by atoms with Crippen LogP contribution in [0.3, 0.4) is 0 Å². The Morgan fingerprint density at radius 1 is 0.952 bits per heavy atom. The molecule has 2 aliphatic heterocycles. The van der Waals surface area contributed by atoms with Crippen LogP contribution in [0.4, 0.5) is 9.59 Å². The van der Waals surface area contributed by atoms with E-state index in [0.29, 0.717) is 42.8 Å². The minimum absolute atomic E-state index is 0.104. The molecule has 3 aliphatic rings. The third kappa shape index (κ3) is 7.69. The lowest BCUT2D eigenvalue weighted by Gasteiger charge is -2.32. The monoisotopic (exact) mass is 852 g/mol. The number of hydrogen-bond donors (Lipinski definition) is 4. The number of aromatic nitrogens is 4. The molecule has 0 spiro atoms. The molecule has 4 aromatic carbocycles. The van der Waals surface area contributed by atoms with Crippen LogP contribution in [-0.4, -0.2) is 86.6 Å². The second kappa shape index (κ2) is 16.8. The number of amides is 4. The fourth-order valence-corrected chi connectivity index (χ4v) is 9.56. The van der Waals surface area contributed by atoms with Crippen molar-refractivity contribution < 1.29 is 33.4 Å². The molecular weight excluding hydrogens is 801 g/mol. The van der Waals surface area contributed by atoms with Gasteiger partial charge in [-0.3, -0.25) is 9.59 Å². The summed E-state index contributed by atoms with van der Waals surface area (Å²) in [6.45, 7) is 9.09. The lowest BCUT2D eigenvalue weighted by molar-refractivity contribution is -0.137. The molecule has 0 radical (unpaired) electrons. The second-order valence-electron chi connectivity index (χ2n) is 17.2. The van der Waals surface area contributed by atoms with Crippen LogP contribution in [0.25, 0.3) is 44.2 Å². The molecule has 4 amide bonds. The summed E-state index contributed by atoms with van der Waals surface area (Å²) < 4.78 is 16.1. The Hall–Kier alpha value is -6.90. The van der Waals surface area contributed by atoms with Gasteiger partial charge in [0.2, 0.25) is 11.8 Å². The van der Waals surface area contributed by atoms with E-state index in [1.54, 1.807) is 23.2 Å².